The molecule has 0 bridgehead atoms. The second-order valence-corrected chi connectivity index (χ2v) is 7.96. The number of carbonyl (C=O) groups is 1. The Bertz CT molecular complexity index is 1090. The van der Waals surface area contributed by atoms with E-state index in [0.717, 1.165) is 30.8 Å². The van der Waals surface area contributed by atoms with E-state index in [1.165, 1.54) is 0 Å². The quantitative estimate of drug-likeness (QED) is 0.615. The molecule has 9 nitrogen and oxygen atoms in total. The summed E-state index contributed by atoms with van der Waals surface area (Å²) in [6, 6.07) is 9.34. The Kier molecular flexibility index (Phi) is 6.19. The number of rotatable bonds is 6. The fourth-order valence-corrected chi connectivity index (χ4v) is 4.03. The molecule has 1 N–H and O–H groups in total. The molecule has 33 heavy (non-hydrogen) atoms. The van der Waals surface area contributed by atoms with Crippen LogP contribution in [0.2, 0.25) is 0 Å². The van der Waals surface area contributed by atoms with Gasteiger partial charge in [-0.15, -0.1) is 0 Å². The van der Waals surface area contributed by atoms with Crippen LogP contribution in [0.15, 0.2) is 55.1 Å². The molecular formula is C24H25N5O4. The number of likely N-dealkylation sites (tertiary alicyclic amines) is 1. The molecule has 4 heterocycles. The maximum absolute atomic E-state index is 12.8. The van der Waals surface area contributed by atoms with E-state index in [1.807, 2.05) is 17.0 Å². The van der Waals surface area contributed by atoms with Crippen molar-refractivity contribution in [3.8, 4) is 17.2 Å². The van der Waals surface area contributed by atoms with Crippen LogP contribution in [0.4, 0.5) is 11.5 Å². The van der Waals surface area contributed by atoms with Crippen LogP contribution < -0.4 is 19.5 Å². The van der Waals surface area contributed by atoms with E-state index in [0.29, 0.717) is 42.8 Å². The van der Waals surface area contributed by atoms with Gasteiger partial charge in [-0.1, -0.05) is 0 Å². The van der Waals surface area contributed by atoms with Crippen molar-refractivity contribution in [3.63, 3.8) is 0 Å². The summed E-state index contributed by atoms with van der Waals surface area (Å²) in [4.78, 5) is 27.5. The lowest BCUT2D eigenvalue weighted by atomic mass is 9.94. The Hall–Kier alpha value is -3.88. The number of nitrogens with zero attached hydrogens (tertiary/aromatic N) is 4. The highest BCUT2D eigenvalue weighted by Crippen LogP contribution is 2.33. The second-order valence-electron chi connectivity index (χ2n) is 7.96. The van der Waals surface area contributed by atoms with Crippen LogP contribution in [-0.2, 0) is 4.79 Å². The number of nitrogens with one attached hydrogen (secondary N) is 1. The van der Waals surface area contributed by atoms with Gasteiger partial charge in [0, 0.05) is 43.2 Å². The van der Waals surface area contributed by atoms with Gasteiger partial charge in [0.15, 0.2) is 18.1 Å². The molecule has 1 aromatic carbocycles. The highest BCUT2D eigenvalue weighted by molar-refractivity contribution is 5.78. The van der Waals surface area contributed by atoms with Gasteiger partial charge in [0.2, 0.25) is 0 Å². The number of hydrogen-bond donors (Lipinski definition) is 1. The van der Waals surface area contributed by atoms with E-state index < -0.39 is 0 Å². The van der Waals surface area contributed by atoms with Gasteiger partial charge in [0.25, 0.3) is 5.91 Å². The van der Waals surface area contributed by atoms with Crippen molar-refractivity contribution >= 4 is 17.4 Å². The molecule has 9 heteroatoms. The van der Waals surface area contributed by atoms with Gasteiger partial charge in [-0.25, -0.2) is 4.98 Å². The fraction of sp³-hybridized carbons (Fsp3) is 0.333. The van der Waals surface area contributed by atoms with Gasteiger partial charge in [0.1, 0.15) is 24.8 Å². The number of pyridine rings is 1. The average Bonchev–Trinajstić information content (AvgIpc) is 2.88. The van der Waals surface area contributed by atoms with Gasteiger partial charge in [-0.2, -0.15) is 0 Å². The van der Waals surface area contributed by atoms with Crippen LogP contribution in [-0.4, -0.2) is 58.7 Å². The molecule has 0 unspecified atom stereocenters. The van der Waals surface area contributed by atoms with Gasteiger partial charge >= 0.3 is 0 Å². The average molecular weight is 447 g/mol. The number of amides is 1. The molecule has 1 saturated heterocycles. The zero-order valence-electron chi connectivity index (χ0n) is 18.1. The molecule has 0 spiro atoms. The van der Waals surface area contributed by atoms with Gasteiger partial charge in [-0.3, -0.25) is 14.8 Å². The molecule has 1 amide bonds. The molecule has 5 rings (SSSR count). The summed E-state index contributed by atoms with van der Waals surface area (Å²) in [6.45, 7) is 2.40. The first-order chi connectivity index (χ1) is 16.2. The molecular weight excluding hydrogens is 422 g/mol. The summed E-state index contributed by atoms with van der Waals surface area (Å²) in [7, 11) is 0. The zero-order valence-corrected chi connectivity index (χ0v) is 18.1. The third kappa shape index (κ3) is 5.14. The van der Waals surface area contributed by atoms with Crippen LogP contribution >= 0.6 is 0 Å². The van der Waals surface area contributed by atoms with E-state index >= 15 is 0 Å². The largest absolute Gasteiger partial charge is 0.486 e. The Morgan fingerprint density at radius 1 is 1.09 bits per heavy atom. The Morgan fingerprint density at radius 2 is 2.00 bits per heavy atom. The third-order valence-corrected chi connectivity index (χ3v) is 5.69. The SMILES string of the molecule is O=C(COc1ccc2c(c1)OCCO2)N1CCC[C@@H](c2ccc(Nc3cnccn3)cn2)C1. The molecule has 2 aliphatic rings. The molecule has 0 aliphatic carbocycles. The predicted molar refractivity (Wildman–Crippen MR) is 121 cm³/mol. The van der Waals surface area contributed by atoms with Crippen LogP contribution in [0.3, 0.4) is 0 Å². The minimum atomic E-state index is -0.0319. The normalized spacial score (nSPS) is 17.3. The summed E-state index contributed by atoms with van der Waals surface area (Å²) in [5, 5.41) is 3.18. The minimum Gasteiger partial charge on any atom is -0.486 e. The summed E-state index contributed by atoms with van der Waals surface area (Å²) < 4.78 is 16.8. The van der Waals surface area contributed by atoms with Crippen molar-refractivity contribution < 1.29 is 19.0 Å². The minimum absolute atomic E-state index is 0.0131. The standard InChI is InChI=1S/C24H25N5O4/c30-24(16-33-19-4-6-21-22(12-19)32-11-10-31-21)29-9-1-2-17(15-29)20-5-3-18(13-27-20)28-23-14-25-7-8-26-23/h3-8,12-14,17H,1-2,9-11,15-16H2,(H,26,28)/t17-/m1/s1. The number of fused-ring (bicyclic) bond motifs is 1. The molecule has 3 aromatic rings. The van der Waals surface area contributed by atoms with E-state index in [-0.39, 0.29) is 18.4 Å². The van der Waals surface area contributed by atoms with E-state index in [2.05, 4.69) is 20.3 Å². The number of anilines is 2. The summed E-state index contributed by atoms with van der Waals surface area (Å²) in [6.07, 6.45) is 8.64. The predicted octanol–water partition coefficient (Wildman–Crippen LogP) is 3.17. The monoisotopic (exact) mass is 447 g/mol. The lowest BCUT2D eigenvalue weighted by Gasteiger charge is -2.32. The molecule has 2 aliphatic heterocycles. The number of benzene rings is 1. The molecule has 1 fully saturated rings. The van der Waals surface area contributed by atoms with Crippen LogP contribution in [0.25, 0.3) is 0 Å². The van der Waals surface area contributed by atoms with Gasteiger partial charge < -0.3 is 24.4 Å². The molecule has 0 saturated carbocycles. The van der Waals surface area contributed by atoms with Gasteiger partial charge in [0.05, 0.1) is 18.1 Å². The van der Waals surface area contributed by atoms with E-state index in [1.54, 1.807) is 43.0 Å². The second kappa shape index (κ2) is 9.72. The van der Waals surface area contributed by atoms with Crippen LogP contribution in [0.1, 0.15) is 24.5 Å². The lowest BCUT2D eigenvalue weighted by molar-refractivity contribution is -0.134. The topological polar surface area (TPSA) is 98.7 Å². The van der Waals surface area contributed by atoms with Crippen LogP contribution in [0.5, 0.6) is 17.2 Å². The van der Waals surface area contributed by atoms with E-state index in [4.69, 9.17) is 14.2 Å². The number of hydrogen-bond acceptors (Lipinski definition) is 8. The summed E-state index contributed by atoms with van der Waals surface area (Å²) in [5.74, 6) is 2.77. The van der Waals surface area contributed by atoms with E-state index in [9.17, 15) is 4.79 Å². The van der Waals surface area contributed by atoms with Crippen molar-refractivity contribution in [2.45, 2.75) is 18.8 Å². The number of aromatic nitrogens is 3. The molecule has 2 aromatic heterocycles. The van der Waals surface area contributed by atoms with Crippen molar-refractivity contribution in [2.24, 2.45) is 0 Å². The summed E-state index contributed by atoms with van der Waals surface area (Å²) in [5.41, 5.74) is 1.82. The van der Waals surface area contributed by atoms with Crippen molar-refractivity contribution in [1.29, 1.82) is 0 Å². The number of carbonyl (C=O) groups excluding carboxylic acids is 1. The maximum Gasteiger partial charge on any atom is 0.260 e. The third-order valence-electron chi connectivity index (χ3n) is 5.69. The number of piperidine rings is 1. The Labute approximate surface area is 191 Å². The molecule has 1 atom stereocenters. The molecule has 170 valence electrons. The van der Waals surface area contributed by atoms with Crippen molar-refractivity contribution in [3.05, 3.63) is 60.8 Å². The zero-order chi connectivity index (χ0) is 22.5. The number of ether oxygens (including phenoxy) is 3. The fourth-order valence-electron chi connectivity index (χ4n) is 4.03. The lowest BCUT2D eigenvalue weighted by Crippen LogP contribution is -2.41. The Morgan fingerprint density at radius 3 is 2.82 bits per heavy atom. The van der Waals surface area contributed by atoms with Crippen molar-refractivity contribution in [1.82, 2.24) is 19.9 Å². The smallest absolute Gasteiger partial charge is 0.260 e. The maximum atomic E-state index is 12.8. The first-order valence-corrected chi connectivity index (χ1v) is 11.0. The first-order valence-electron chi connectivity index (χ1n) is 11.0. The van der Waals surface area contributed by atoms with Crippen molar-refractivity contribution in [2.75, 3.05) is 38.2 Å². The van der Waals surface area contributed by atoms with Gasteiger partial charge in [-0.05, 0) is 37.1 Å². The first kappa shape index (κ1) is 21.0. The van der Waals surface area contributed by atoms with Crippen LogP contribution in [0, 0.1) is 0 Å². The molecule has 0 radical (unpaired) electrons. The Balaban J connectivity index is 1.16. The summed E-state index contributed by atoms with van der Waals surface area (Å²) >= 11 is 0. The highest BCUT2D eigenvalue weighted by Gasteiger charge is 2.26. The highest BCUT2D eigenvalue weighted by atomic mass is 16.6.